The molecule has 0 aliphatic heterocycles. The first-order valence-corrected chi connectivity index (χ1v) is 5.22. The van der Waals surface area contributed by atoms with Crippen molar-refractivity contribution in [3.05, 3.63) is 41.5 Å². The molecule has 5 nitrogen and oxygen atoms in total. The Morgan fingerprint density at radius 1 is 1.38 bits per heavy atom. The van der Waals surface area contributed by atoms with Crippen molar-refractivity contribution in [3.63, 3.8) is 0 Å². The molecule has 0 saturated heterocycles. The highest BCUT2D eigenvalue weighted by Gasteiger charge is 2.01. The van der Waals surface area contributed by atoms with Crippen molar-refractivity contribution in [2.24, 2.45) is 7.05 Å². The van der Waals surface area contributed by atoms with E-state index in [1.807, 2.05) is 30.8 Å². The molecule has 0 bridgehead atoms. The monoisotopic (exact) mass is 217 g/mol. The number of aryl methyl sites for hydroxylation is 2. The van der Waals surface area contributed by atoms with E-state index in [4.69, 9.17) is 0 Å². The van der Waals surface area contributed by atoms with Crippen molar-refractivity contribution in [2.75, 3.05) is 0 Å². The molecule has 0 saturated carbocycles. The first kappa shape index (κ1) is 10.8. The molecule has 0 spiro atoms. The number of hydrogen-bond donors (Lipinski definition) is 1. The molecular weight excluding hydrogens is 202 g/mol. The second-order valence-electron chi connectivity index (χ2n) is 3.72. The van der Waals surface area contributed by atoms with E-state index in [9.17, 15) is 0 Å². The van der Waals surface area contributed by atoms with E-state index in [1.54, 1.807) is 6.20 Å². The van der Waals surface area contributed by atoms with E-state index in [-0.39, 0.29) is 0 Å². The molecule has 0 aliphatic carbocycles. The lowest BCUT2D eigenvalue weighted by Gasteiger charge is -2.03. The third kappa shape index (κ3) is 2.64. The largest absolute Gasteiger partial charge is 0.305 e. The Morgan fingerprint density at radius 2 is 2.25 bits per heavy atom. The van der Waals surface area contributed by atoms with Crippen LogP contribution in [-0.4, -0.2) is 20.0 Å². The molecule has 2 aromatic rings. The highest BCUT2D eigenvalue weighted by Crippen LogP contribution is 2.01. The zero-order valence-corrected chi connectivity index (χ0v) is 9.51. The van der Waals surface area contributed by atoms with Crippen LogP contribution in [-0.2, 0) is 20.1 Å². The normalized spacial score (nSPS) is 10.6. The highest BCUT2D eigenvalue weighted by molar-refractivity contribution is 5.08. The maximum absolute atomic E-state index is 4.29. The summed E-state index contributed by atoms with van der Waals surface area (Å²) in [4.78, 5) is 0. The molecule has 1 N–H and O–H groups in total. The Hall–Kier alpha value is -1.75. The van der Waals surface area contributed by atoms with Gasteiger partial charge in [0.15, 0.2) is 0 Å². The van der Waals surface area contributed by atoms with Gasteiger partial charge < -0.3 is 5.32 Å². The second-order valence-corrected chi connectivity index (χ2v) is 3.72. The topological polar surface area (TPSA) is 55.6 Å². The fourth-order valence-corrected chi connectivity index (χ4v) is 1.58. The van der Waals surface area contributed by atoms with E-state index in [1.165, 1.54) is 5.69 Å². The summed E-state index contributed by atoms with van der Waals surface area (Å²) in [6.45, 7) is 3.50. The van der Waals surface area contributed by atoms with Crippen LogP contribution in [0, 0.1) is 6.92 Å². The van der Waals surface area contributed by atoms with E-state index >= 15 is 0 Å². The van der Waals surface area contributed by atoms with Gasteiger partial charge >= 0.3 is 0 Å². The molecule has 2 rings (SSSR count). The van der Waals surface area contributed by atoms with Crippen LogP contribution in [0.2, 0.25) is 0 Å². The molecular formula is C11H15N5. The second kappa shape index (κ2) is 4.85. The van der Waals surface area contributed by atoms with E-state index in [0.29, 0.717) is 0 Å². The van der Waals surface area contributed by atoms with Crippen LogP contribution >= 0.6 is 0 Å². The lowest BCUT2D eigenvalue weighted by molar-refractivity contribution is 0.614. The Balaban J connectivity index is 1.87. The smallest absolute Gasteiger partial charge is 0.0769 e. The average molecular weight is 217 g/mol. The standard InChI is InChI=1S/C11H15N5/c1-9-6-11(16(2)15-9)8-12-7-10-4-3-5-13-14-10/h3-6,12H,7-8H2,1-2H3. The Kier molecular flexibility index (Phi) is 3.26. The summed E-state index contributed by atoms with van der Waals surface area (Å²) >= 11 is 0. The molecule has 0 amide bonds. The maximum atomic E-state index is 4.29. The minimum atomic E-state index is 0.720. The summed E-state index contributed by atoms with van der Waals surface area (Å²) in [6.07, 6.45) is 1.67. The van der Waals surface area contributed by atoms with Gasteiger partial charge in [0.05, 0.1) is 17.1 Å². The van der Waals surface area contributed by atoms with Gasteiger partial charge in [0, 0.05) is 26.3 Å². The van der Waals surface area contributed by atoms with Gasteiger partial charge in [-0.25, -0.2) is 0 Å². The van der Waals surface area contributed by atoms with Gasteiger partial charge in [0.25, 0.3) is 0 Å². The maximum Gasteiger partial charge on any atom is 0.0769 e. The lowest BCUT2D eigenvalue weighted by Crippen LogP contribution is -2.16. The third-order valence-corrected chi connectivity index (χ3v) is 2.34. The quantitative estimate of drug-likeness (QED) is 0.823. The van der Waals surface area contributed by atoms with Gasteiger partial charge in [-0.15, -0.1) is 0 Å². The van der Waals surface area contributed by atoms with Gasteiger partial charge in [0.1, 0.15) is 0 Å². The molecule has 0 aromatic carbocycles. The predicted octanol–water partition coefficient (Wildman–Crippen LogP) is 0.808. The van der Waals surface area contributed by atoms with Crippen LogP contribution in [0.4, 0.5) is 0 Å². The first-order chi connectivity index (χ1) is 7.75. The SMILES string of the molecule is Cc1cc(CNCc2cccnn2)n(C)n1. The van der Waals surface area contributed by atoms with Crippen LogP contribution in [0.3, 0.4) is 0 Å². The molecule has 0 fully saturated rings. The van der Waals surface area contributed by atoms with Gasteiger partial charge in [-0.1, -0.05) is 0 Å². The zero-order valence-electron chi connectivity index (χ0n) is 9.51. The molecule has 2 aromatic heterocycles. The zero-order chi connectivity index (χ0) is 11.4. The summed E-state index contributed by atoms with van der Waals surface area (Å²) in [5.41, 5.74) is 3.15. The van der Waals surface area contributed by atoms with Gasteiger partial charge in [-0.3, -0.25) is 4.68 Å². The van der Waals surface area contributed by atoms with Crippen molar-refractivity contribution in [1.29, 1.82) is 0 Å². The Labute approximate surface area is 94.5 Å². The number of nitrogens with zero attached hydrogens (tertiary/aromatic N) is 4. The summed E-state index contributed by atoms with van der Waals surface area (Å²) in [5, 5.41) is 15.4. The minimum absolute atomic E-state index is 0.720. The Morgan fingerprint density at radius 3 is 2.88 bits per heavy atom. The summed E-state index contributed by atoms with van der Waals surface area (Å²) in [7, 11) is 1.95. The van der Waals surface area contributed by atoms with E-state index in [2.05, 4.69) is 26.7 Å². The Bertz CT molecular complexity index is 449. The molecule has 0 radical (unpaired) electrons. The number of nitrogens with one attached hydrogen (secondary N) is 1. The molecule has 84 valence electrons. The van der Waals surface area contributed by atoms with Crippen LogP contribution < -0.4 is 5.32 Å². The minimum Gasteiger partial charge on any atom is -0.305 e. The van der Waals surface area contributed by atoms with Crippen LogP contribution in [0.25, 0.3) is 0 Å². The average Bonchev–Trinajstić information content (AvgIpc) is 2.59. The van der Waals surface area contributed by atoms with Crippen molar-refractivity contribution in [2.45, 2.75) is 20.0 Å². The molecule has 0 atom stereocenters. The predicted molar refractivity (Wildman–Crippen MR) is 60.5 cm³/mol. The fraction of sp³-hybridized carbons (Fsp3) is 0.364. The van der Waals surface area contributed by atoms with Crippen LogP contribution in [0.15, 0.2) is 24.4 Å². The first-order valence-electron chi connectivity index (χ1n) is 5.22. The molecule has 5 heteroatoms. The number of hydrogen-bond acceptors (Lipinski definition) is 4. The summed E-state index contributed by atoms with van der Waals surface area (Å²) < 4.78 is 1.89. The van der Waals surface area contributed by atoms with Crippen molar-refractivity contribution in [1.82, 2.24) is 25.3 Å². The van der Waals surface area contributed by atoms with Gasteiger partial charge in [-0.05, 0) is 25.1 Å². The summed E-state index contributed by atoms with van der Waals surface area (Å²) in [5.74, 6) is 0. The molecule has 0 unspecified atom stereocenters. The molecule has 16 heavy (non-hydrogen) atoms. The van der Waals surface area contributed by atoms with E-state index < -0.39 is 0 Å². The third-order valence-electron chi connectivity index (χ3n) is 2.34. The van der Waals surface area contributed by atoms with Crippen molar-refractivity contribution < 1.29 is 0 Å². The number of aromatic nitrogens is 4. The molecule has 0 aliphatic rings. The highest BCUT2D eigenvalue weighted by atomic mass is 15.3. The van der Waals surface area contributed by atoms with Gasteiger partial charge in [0.2, 0.25) is 0 Å². The lowest BCUT2D eigenvalue weighted by atomic mass is 10.3. The molecule has 2 heterocycles. The van der Waals surface area contributed by atoms with Crippen LogP contribution in [0.1, 0.15) is 17.1 Å². The number of rotatable bonds is 4. The van der Waals surface area contributed by atoms with Crippen LogP contribution in [0.5, 0.6) is 0 Å². The van der Waals surface area contributed by atoms with Crippen molar-refractivity contribution >= 4 is 0 Å². The van der Waals surface area contributed by atoms with Gasteiger partial charge in [-0.2, -0.15) is 15.3 Å². The van der Waals surface area contributed by atoms with Crippen molar-refractivity contribution in [3.8, 4) is 0 Å². The summed E-state index contributed by atoms with van der Waals surface area (Å²) in [6, 6.07) is 5.91. The van der Waals surface area contributed by atoms with E-state index in [0.717, 1.165) is 24.5 Å². The fourth-order valence-electron chi connectivity index (χ4n) is 1.58.